The minimum absolute atomic E-state index is 0.199. The van der Waals surface area contributed by atoms with Gasteiger partial charge in [-0.25, -0.2) is 0 Å². The Labute approximate surface area is 84.2 Å². The Bertz CT molecular complexity index is 314. The van der Waals surface area contributed by atoms with Crippen LogP contribution in [0, 0.1) is 6.92 Å². The molecule has 14 heavy (non-hydrogen) atoms. The molecule has 76 valence electrons. The van der Waals surface area contributed by atoms with Crippen molar-refractivity contribution in [3.63, 3.8) is 0 Å². The molecule has 2 N–H and O–H groups in total. The van der Waals surface area contributed by atoms with Gasteiger partial charge in [0.05, 0.1) is 24.0 Å². The number of hydrogen-bond donors (Lipinski definition) is 2. The molecule has 0 saturated heterocycles. The maximum atomic E-state index is 9.66. The standard InChI is InChI=1S/C11H16N2O/c1-8-5-6-12-7-10(8)13-9-3-2-4-11(9)14/h5-7,9,11,13-14H,2-4H2,1H3/t9-,11-/m0/s1. The minimum Gasteiger partial charge on any atom is -0.391 e. The Morgan fingerprint density at radius 2 is 2.36 bits per heavy atom. The summed E-state index contributed by atoms with van der Waals surface area (Å²) < 4.78 is 0. The average molecular weight is 192 g/mol. The second kappa shape index (κ2) is 3.96. The van der Waals surface area contributed by atoms with Crippen LogP contribution in [0.25, 0.3) is 0 Å². The zero-order valence-electron chi connectivity index (χ0n) is 8.40. The smallest absolute Gasteiger partial charge is 0.0741 e. The maximum absolute atomic E-state index is 9.66. The number of anilines is 1. The van der Waals surface area contributed by atoms with Gasteiger partial charge in [0.1, 0.15) is 0 Å². The molecule has 0 bridgehead atoms. The van der Waals surface area contributed by atoms with Gasteiger partial charge in [-0.05, 0) is 37.8 Å². The van der Waals surface area contributed by atoms with Gasteiger partial charge < -0.3 is 10.4 Å². The Morgan fingerprint density at radius 1 is 1.50 bits per heavy atom. The van der Waals surface area contributed by atoms with Gasteiger partial charge in [-0.15, -0.1) is 0 Å². The molecule has 0 unspecified atom stereocenters. The molecule has 0 spiro atoms. The molecule has 1 aliphatic carbocycles. The summed E-state index contributed by atoms with van der Waals surface area (Å²) in [5.74, 6) is 0. The van der Waals surface area contributed by atoms with Crippen molar-refractivity contribution in [2.24, 2.45) is 0 Å². The van der Waals surface area contributed by atoms with E-state index in [1.54, 1.807) is 6.20 Å². The van der Waals surface area contributed by atoms with Crippen LogP contribution in [0.4, 0.5) is 5.69 Å². The zero-order chi connectivity index (χ0) is 9.97. The third-order valence-corrected chi connectivity index (χ3v) is 2.86. The number of pyridine rings is 1. The first-order valence-electron chi connectivity index (χ1n) is 5.12. The van der Waals surface area contributed by atoms with E-state index < -0.39 is 0 Å². The molecule has 1 aromatic rings. The third-order valence-electron chi connectivity index (χ3n) is 2.86. The number of rotatable bonds is 2. The monoisotopic (exact) mass is 192 g/mol. The van der Waals surface area contributed by atoms with Crippen LogP contribution in [0.5, 0.6) is 0 Å². The summed E-state index contributed by atoms with van der Waals surface area (Å²) in [7, 11) is 0. The van der Waals surface area contributed by atoms with E-state index in [-0.39, 0.29) is 12.1 Å². The topological polar surface area (TPSA) is 45.2 Å². The Kier molecular flexibility index (Phi) is 2.68. The van der Waals surface area contributed by atoms with Gasteiger partial charge in [0.15, 0.2) is 0 Å². The summed E-state index contributed by atoms with van der Waals surface area (Å²) in [6.07, 6.45) is 6.48. The van der Waals surface area contributed by atoms with Crippen molar-refractivity contribution in [3.8, 4) is 0 Å². The molecule has 1 heterocycles. The fraction of sp³-hybridized carbons (Fsp3) is 0.545. The van der Waals surface area contributed by atoms with Gasteiger partial charge >= 0.3 is 0 Å². The second-order valence-electron chi connectivity index (χ2n) is 3.94. The van der Waals surface area contributed by atoms with Crippen molar-refractivity contribution in [2.75, 3.05) is 5.32 Å². The summed E-state index contributed by atoms with van der Waals surface area (Å²) in [5.41, 5.74) is 2.22. The Balaban J connectivity index is 2.07. The highest BCUT2D eigenvalue weighted by Gasteiger charge is 2.25. The molecule has 3 heteroatoms. The molecular weight excluding hydrogens is 176 g/mol. The molecule has 3 nitrogen and oxygen atoms in total. The molecule has 2 atom stereocenters. The molecule has 1 fully saturated rings. The number of aryl methyl sites for hydroxylation is 1. The molecule has 0 aromatic carbocycles. The molecule has 0 amide bonds. The highest BCUT2D eigenvalue weighted by molar-refractivity contribution is 5.49. The lowest BCUT2D eigenvalue weighted by molar-refractivity contribution is 0.172. The summed E-state index contributed by atoms with van der Waals surface area (Å²) in [6.45, 7) is 2.05. The summed E-state index contributed by atoms with van der Waals surface area (Å²) in [5, 5.41) is 13.0. The van der Waals surface area contributed by atoms with Crippen LogP contribution in [0.15, 0.2) is 18.5 Å². The second-order valence-corrected chi connectivity index (χ2v) is 3.94. The van der Waals surface area contributed by atoms with Crippen LogP contribution in [0.3, 0.4) is 0 Å². The lowest BCUT2D eigenvalue weighted by atomic mass is 10.2. The SMILES string of the molecule is Cc1ccncc1N[C@H]1CCC[C@@H]1O. The van der Waals surface area contributed by atoms with E-state index in [1.165, 1.54) is 5.56 Å². The van der Waals surface area contributed by atoms with Gasteiger partial charge in [0, 0.05) is 6.20 Å². The summed E-state index contributed by atoms with van der Waals surface area (Å²) >= 11 is 0. The number of aliphatic hydroxyl groups excluding tert-OH is 1. The van der Waals surface area contributed by atoms with Crippen LogP contribution < -0.4 is 5.32 Å². The lowest BCUT2D eigenvalue weighted by Crippen LogP contribution is -2.28. The largest absolute Gasteiger partial charge is 0.391 e. The van der Waals surface area contributed by atoms with Gasteiger partial charge in [-0.3, -0.25) is 4.98 Å². The van der Waals surface area contributed by atoms with Crippen LogP contribution in [-0.2, 0) is 0 Å². The van der Waals surface area contributed by atoms with Crippen molar-refractivity contribution in [2.45, 2.75) is 38.3 Å². The van der Waals surface area contributed by atoms with Crippen molar-refractivity contribution >= 4 is 5.69 Å². The fourth-order valence-electron chi connectivity index (χ4n) is 1.92. The zero-order valence-corrected chi connectivity index (χ0v) is 8.40. The van der Waals surface area contributed by atoms with Crippen LogP contribution in [0.2, 0.25) is 0 Å². The minimum atomic E-state index is -0.199. The first-order valence-corrected chi connectivity index (χ1v) is 5.12. The van der Waals surface area contributed by atoms with Crippen LogP contribution in [0.1, 0.15) is 24.8 Å². The van der Waals surface area contributed by atoms with Crippen molar-refractivity contribution in [3.05, 3.63) is 24.0 Å². The first-order chi connectivity index (χ1) is 6.77. The summed E-state index contributed by atoms with van der Waals surface area (Å²) in [4.78, 5) is 4.07. The molecule has 1 saturated carbocycles. The van der Waals surface area contributed by atoms with E-state index in [1.807, 2.05) is 19.2 Å². The van der Waals surface area contributed by atoms with Gasteiger partial charge in [0.2, 0.25) is 0 Å². The van der Waals surface area contributed by atoms with E-state index in [0.717, 1.165) is 24.9 Å². The van der Waals surface area contributed by atoms with Gasteiger partial charge in [-0.2, -0.15) is 0 Å². The first kappa shape index (κ1) is 9.46. The van der Waals surface area contributed by atoms with Crippen molar-refractivity contribution < 1.29 is 5.11 Å². The Hall–Kier alpha value is -1.09. The maximum Gasteiger partial charge on any atom is 0.0741 e. The van der Waals surface area contributed by atoms with E-state index in [4.69, 9.17) is 0 Å². The highest BCUT2D eigenvalue weighted by atomic mass is 16.3. The predicted octanol–water partition coefficient (Wildman–Crippen LogP) is 1.72. The molecular formula is C11H16N2O. The lowest BCUT2D eigenvalue weighted by Gasteiger charge is -2.18. The molecule has 2 rings (SSSR count). The number of aliphatic hydroxyl groups is 1. The number of aromatic nitrogens is 1. The number of nitrogens with one attached hydrogen (secondary N) is 1. The molecule has 0 radical (unpaired) electrons. The van der Waals surface area contributed by atoms with Crippen molar-refractivity contribution in [1.29, 1.82) is 0 Å². The summed E-state index contributed by atoms with van der Waals surface area (Å²) in [6, 6.07) is 2.18. The fourth-order valence-corrected chi connectivity index (χ4v) is 1.92. The normalized spacial score (nSPS) is 26.4. The molecule has 1 aromatic heterocycles. The number of hydrogen-bond acceptors (Lipinski definition) is 3. The quantitative estimate of drug-likeness (QED) is 0.750. The average Bonchev–Trinajstić information content (AvgIpc) is 2.56. The van der Waals surface area contributed by atoms with Gasteiger partial charge in [-0.1, -0.05) is 0 Å². The Morgan fingerprint density at radius 3 is 3.00 bits per heavy atom. The van der Waals surface area contributed by atoms with Crippen molar-refractivity contribution in [1.82, 2.24) is 4.98 Å². The van der Waals surface area contributed by atoms with E-state index in [2.05, 4.69) is 10.3 Å². The third kappa shape index (κ3) is 1.87. The van der Waals surface area contributed by atoms with Crippen LogP contribution in [-0.4, -0.2) is 22.2 Å². The van der Waals surface area contributed by atoms with Crippen LogP contribution >= 0.6 is 0 Å². The van der Waals surface area contributed by atoms with E-state index in [0.29, 0.717) is 0 Å². The molecule has 0 aliphatic heterocycles. The van der Waals surface area contributed by atoms with E-state index in [9.17, 15) is 5.11 Å². The highest BCUT2D eigenvalue weighted by Crippen LogP contribution is 2.23. The number of nitrogens with zero attached hydrogens (tertiary/aromatic N) is 1. The predicted molar refractivity (Wildman–Crippen MR) is 56.2 cm³/mol. The molecule has 1 aliphatic rings. The van der Waals surface area contributed by atoms with E-state index >= 15 is 0 Å². The van der Waals surface area contributed by atoms with Gasteiger partial charge in [0.25, 0.3) is 0 Å².